The molecule has 1 N–H and O–H groups in total. The van der Waals surface area contributed by atoms with Crippen LogP contribution in [0.4, 0.5) is 5.82 Å². The van der Waals surface area contributed by atoms with E-state index in [-0.39, 0.29) is 11.4 Å². The number of hydrogen-bond donors (Lipinski definition) is 1. The maximum atomic E-state index is 9.09. The molecule has 2 rings (SSSR count). The molecule has 0 aliphatic rings. The van der Waals surface area contributed by atoms with Crippen molar-refractivity contribution in [2.75, 3.05) is 11.9 Å². The lowest BCUT2D eigenvalue weighted by molar-refractivity contribution is 0.962. The summed E-state index contributed by atoms with van der Waals surface area (Å²) in [5, 5.41) is 21.8. The molecule has 1 aromatic carbocycles. The third-order valence-electron chi connectivity index (χ3n) is 2.75. The van der Waals surface area contributed by atoms with Gasteiger partial charge in [0.05, 0.1) is 0 Å². The van der Waals surface area contributed by atoms with Gasteiger partial charge in [-0.1, -0.05) is 30.7 Å². The van der Waals surface area contributed by atoms with E-state index < -0.39 is 0 Å². The number of anilines is 1. The molecule has 21 heavy (non-hydrogen) atoms. The first-order chi connectivity index (χ1) is 10.2. The average Bonchev–Trinajstić information content (AvgIpc) is 2.52. The molecule has 2 aromatic rings. The van der Waals surface area contributed by atoms with E-state index in [9.17, 15) is 0 Å². The first-order valence-electron chi connectivity index (χ1n) is 6.41. The summed E-state index contributed by atoms with van der Waals surface area (Å²) in [6.07, 6.45) is 0.901. The van der Waals surface area contributed by atoms with Crippen molar-refractivity contribution in [3.05, 3.63) is 40.7 Å². The highest BCUT2D eigenvalue weighted by Gasteiger charge is 2.15. The van der Waals surface area contributed by atoms with Crippen LogP contribution in [0.1, 0.15) is 24.7 Å². The van der Waals surface area contributed by atoms with Crippen LogP contribution in [-0.4, -0.2) is 16.5 Å². The fraction of sp³-hybridized carbons (Fsp3) is 0.200. The Balaban J connectivity index is 2.62. The molecule has 5 nitrogen and oxygen atoms in total. The predicted molar refractivity (Wildman–Crippen MR) is 80.7 cm³/mol. The van der Waals surface area contributed by atoms with Gasteiger partial charge in [0.25, 0.3) is 0 Å². The highest BCUT2D eigenvalue weighted by Crippen LogP contribution is 2.27. The number of benzene rings is 1. The molecule has 0 aliphatic heterocycles. The van der Waals surface area contributed by atoms with Gasteiger partial charge in [-0.25, -0.2) is 9.97 Å². The molecule has 0 spiro atoms. The minimum atomic E-state index is 0.00882. The number of hydrogen-bond acceptors (Lipinski definition) is 5. The van der Waals surface area contributed by atoms with E-state index in [1.807, 2.05) is 25.1 Å². The summed E-state index contributed by atoms with van der Waals surface area (Å²) in [5.74, 6) is 0.481. The van der Waals surface area contributed by atoms with Crippen LogP contribution in [0.25, 0.3) is 11.3 Å². The second-order valence-corrected chi connectivity index (χ2v) is 4.72. The minimum absolute atomic E-state index is 0.00882. The molecule has 0 bridgehead atoms. The Morgan fingerprint density at radius 1 is 1.19 bits per heavy atom. The van der Waals surface area contributed by atoms with Gasteiger partial charge in [-0.3, -0.25) is 0 Å². The van der Waals surface area contributed by atoms with Crippen molar-refractivity contribution in [2.24, 2.45) is 0 Å². The standard InChI is InChI=1S/C15H12ClN5/c1-2-6-19-15-14(10-4-3-5-11(16)7-10)20-12(8-17)13(9-18)21-15/h3-5,7H,2,6H2,1H3,(H,19,21). The van der Waals surface area contributed by atoms with Crippen LogP contribution in [0.3, 0.4) is 0 Å². The first kappa shape index (κ1) is 14.8. The molecule has 1 heterocycles. The Bertz CT molecular complexity index is 743. The molecule has 0 fully saturated rings. The van der Waals surface area contributed by atoms with E-state index in [0.717, 1.165) is 12.0 Å². The van der Waals surface area contributed by atoms with Crippen molar-refractivity contribution in [1.29, 1.82) is 10.5 Å². The van der Waals surface area contributed by atoms with Crippen molar-refractivity contribution < 1.29 is 0 Å². The first-order valence-corrected chi connectivity index (χ1v) is 6.79. The Hall–Kier alpha value is -2.63. The van der Waals surface area contributed by atoms with Crippen molar-refractivity contribution in [2.45, 2.75) is 13.3 Å². The van der Waals surface area contributed by atoms with Crippen molar-refractivity contribution in [3.63, 3.8) is 0 Å². The van der Waals surface area contributed by atoms with Crippen LogP contribution in [0.15, 0.2) is 24.3 Å². The maximum Gasteiger partial charge on any atom is 0.179 e. The van der Waals surface area contributed by atoms with E-state index in [1.165, 1.54) is 0 Å². The van der Waals surface area contributed by atoms with Gasteiger partial charge in [-0.2, -0.15) is 10.5 Å². The molecule has 0 radical (unpaired) electrons. The van der Waals surface area contributed by atoms with Crippen LogP contribution < -0.4 is 5.32 Å². The number of aromatic nitrogens is 2. The largest absolute Gasteiger partial charge is 0.368 e. The predicted octanol–water partition coefficient (Wildman–Crippen LogP) is 3.36. The Morgan fingerprint density at radius 2 is 1.90 bits per heavy atom. The number of rotatable bonds is 4. The van der Waals surface area contributed by atoms with Crippen LogP contribution in [0, 0.1) is 22.7 Å². The summed E-state index contributed by atoms with van der Waals surface area (Å²) >= 11 is 6.00. The van der Waals surface area contributed by atoms with Gasteiger partial charge < -0.3 is 5.32 Å². The Kier molecular flexibility index (Phi) is 4.71. The molecule has 0 atom stereocenters. The van der Waals surface area contributed by atoms with Crippen LogP contribution in [-0.2, 0) is 0 Å². The summed E-state index contributed by atoms with van der Waals surface area (Å²) in [6.45, 7) is 2.72. The Labute approximate surface area is 127 Å². The zero-order valence-corrected chi connectivity index (χ0v) is 12.1. The Morgan fingerprint density at radius 3 is 2.52 bits per heavy atom. The lowest BCUT2D eigenvalue weighted by Gasteiger charge is -2.11. The van der Waals surface area contributed by atoms with E-state index >= 15 is 0 Å². The SMILES string of the molecule is CCCNc1nc(C#N)c(C#N)nc1-c1cccc(Cl)c1. The second-order valence-electron chi connectivity index (χ2n) is 4.28. The molecule has 0 aliphatic carbocycles. The zero-order chi connectivity index (χ0) is 15.2. The molecule has 0 unspecified atom stereocenters. The lowest BCUT2D eigenvalue weighted by Crippen LogP contribution is -2.08. The van der Waals surface area contributed by atoms with Crippen LogP contribution in [0.5, 0.6) is 0 Å². The third kappa shape index (κ3) is 3.28. The van der Waals surface area contributed by atoms with Crippen molar-refractivity contribution in [1.82, 2.24) is 9.97 Å². The number of nitrogens with one attached hydrogen (secondary N) is 1. The number of halogens is 1. The second kappa shape index (κ2) is 6.69. The molecule has 0 amide bonds. The minimum Gasteiger partial charge on any atom is -0.368 e. The average molecular weight is 298 g/mol. The van der Waals surface area contributed by atoms with E-state index in [2.05, 4.69) is 15.3 Å². The summed E-state index contributed by atoms with van der Waals surface area (Å²) in [6, 6.07) is 10.9. The highest BCUT2D eigenvalue weighted by molar-refractivity contribution is 6.30. The number of nitrogens with zero attached hydrogens (tertiary/aromatic N) is 4. The topological polar surface area (TPSA) is 85.4 Å². The van der Waals surface area contributed by atoms with Gasteiger partial charge in [0.2, 0.25) is 0 Å². The van der Waals surface area contributed by atoms with Gasteiger partial charge in [-0.05, 0) is 18.6 Å². The van der Waals surface area contributed by atoms with Gasteiger partial charge in [0, 0.05) is 17.1 Å². The molecule has 0 saturated carbocycles. The van der Waals surface area contributed by atoms with Gasteiger partial charge >= 0.3 is 0 Å². The fourth-order valence-corrected chi connectivity index (χ4v) is 1.99. The summed E-state index contributed by atoms with van der Waals surface area (Å²) in [4.78, 5) is 8.46. The molecular formula is C15H12ClN5. The van der Waals surface area contributed by atoms with Gasteiger partial charge in [0.1, 0.15) is 17.8 Å². The van der Waals surface area contributed by atoms with E-state index in [4.69, 9.17) is 22.1 Å². The highest BCUT2D eigenvalue weighted by atomic mass is 35.5. The quantitative estimate of drug-likeness (QED) is 0.935. The summed E-state index contributed by atoms with van der Waals surface area (Å²) in [5.41, 5.74) is 1.28. The van der Waals surface area contributed by atoms with Gasteiger partial charge in [0.15, 0.2) is 17.2 Å². The van der Waals surface area contributed by atoms with Crippen molar-refractivity contribution in [3.8, 4) is 23.4 Å². The lowest BCUT2D eigenvalue weighted by atomic mass is 10.1. The molecular weight excluding hydrogens is 286 g/mol. The zero-order valence-electron chi connectivity index (χ0n) is 11.4. The monoisotopic (exact) mass is 297 g/mol. The molecule has 1 aromatic heterocycles. The van der Waals surface area contributed by atoms with E-state index in [0.29, 0.717) is 23.1 Å². The number of nitriles is 2. The molecule has 104 valence electrons. The van der Waals surface area contributed by atoms with Crippen LogP contribution >= 0.6 is 11.6 Å². The van der Waals surface area contributed by atoms with Gasteiger partial charge in [-0.15, -0.1) is 0 Å². The summed E-state index contributed by atoms with van der Waals surface area (Å²) in [7, 11) is 0. The smallest absolute Gasteiger partial charge is 0.179 e. The van der Waals surface area contributed by atoms with E-state index in [1.54, 1.807) is 18.2 Å². The summed E-state index contributed by atoms with van der Waals surface area (Å²) < 4.78 is 0. The third-order valence-corrected chi connectivity index (χ3v) is 2.98. The normalized spacial score (nSPS) is 9.71. The fourth-order valence-electron chi connectivity index (χ4n) is 1.80. The molecule has 0 saturated heterocycles. The van der Waals surface area contributed by atoms with Crippen molar-refractivity contribution >= 4 is 17.4 Å². The maximum absolute atomic E-state index is 9.09. The molecule has 6 heteroatoms. The van der Waals surface area contributed by atoms with Crippen LogP contribution in [0.2, 0.25) is 5.02 Å².